The number of anilines is 1. The molecule has 39 heavy (non-hydrogen) atoms. The van der Waals surface area contributed by atoms with E-state index in [1.807, 2.05) is 36.4 Å². The maximum atomic E-state index is 14.5. The van der Waals surface area contributed by atoms with Crippen LogP contribution in [0.2, 0.25) is 10.0 Å². The van der Waals surface area contributed by atoms with Crippen LogP contribution in [-0.4, -0.2) is 27.4 Å². The number of rotatable bonds is 3. The summed E-state index contributed by atoms with van der Waals surface area (Å²) in [5.41, 5.74) is 0.886. The molecule has 1 N–H and O–H groups in total. The number of nitrogens with one attached hydrogen (secondary N) is 1. The van der Waals surface area contributed by atoms with E-state index in [-0.39, 0.29) is 34.4 Å². The second kappa shape index (κ2) is 8.49. The van der Waals surface area contributed by atoms with Crippen LogP contribution < -0.4 is 15.8 Å². The number of fused-ring (bicyclic) bond motifs is 8. The van der Waals surface area contributed by atoms with Crippen LogP contribution in [0.3, 0.4) is 0 Å². The molecule has 0 radical (unpaired) electrons. The van der Waals surface area contributed by atoms with Crippen molar-refractivity contribution in [3.8, 4) is 5.69 Å². The summed E-state index contributed by atoms with van der Waals surface area (Å²) in [5, 5.41) is 4.84. The zero-order valence-corrected chi connectivity index (χ0v) is 22.7. The lowest BCUT2D eigenvalue weighted by Gasteiger charge is -2.32. The van der Waals surface area contributed by atoms with Crippen LogP contribution in [0.1, 0.15) is 31.7 Å². The molecule has 3 aromatic carbocycles. The zero-order chi connectivity index (χ0) is 27.2. The summed E-state index contributed by atoms with van der Waals surface area (Å²) < 4.78 is 1.61. The molecule has 4 heterocycles. The molecule has 0 unspecified atom stereocenters. The zero-order valence-electron chi connectivity index (χ0n) is 21.2. The average Bonchev–Trinajstić information content (AvgIpc) is 3.47. The number of carbonyl (C=O) groups is 2. The molecule has 0 aliphatic carbocycles. The molecular weight excluding hydrogens is 535 g/mol. The maximum Gasteiger partial charge on any atom is 0.266 e. The number of aromatic nitrogens is 2. The summed E-state index contributed by atoms with van der Waals surface area (Å²) in [6.45, 7) is 4.17. The summed E-state index contributed by atoms with van der Waals surface area (Å²) >= 11 is 12.6. The van der Waals surface area contributed by atoms with E-state index in [9.17, 15) is 14.4 Å². The maximum absolute atomic E-state index is 14.5. The highest BCUT2D eigenvalue weighted by molar-refractivity contribution is 6.38. The van der Waals surface area contributed by atoms with Crippen LogP contribution >= 0.6 is 23.2 Å². The predicted octanol–water partition coefficient (Wildman–Crippen LogP) is 5.07. The molecule has 2 amide bonds. The van der Waals surface area contributed by atoms with Gasteiger partial charge in [-0.15, -0.1) is 0 Å². The van der Waals surface area contributed by atoms with Gasteiger partial charge in [0.2, 0.25) is 11.8 Å². The summed E-state index contributed by atoms with van der Waals surface area (Å²) in [6, 6.07) is 19.2. The molecule has 2 fully saturated rings. The fraction of sp³-hybridized carbons (Fsp3) is 0.267. The van der Waals surface area contributed by atoms with Gasteiger partial charge in [0.15, 0.2) is 0 Å². The number of nitrogens with zero attached hydrogens (tertiary/aromatic N) is 3. The second-order valence-corrected chi connectivity index (χ2v) is 11.8. The smallest absolute Gasteiger partial charge is 0.266 e. The number of halogens is 2. The predicted molar refractivity (Wildman–Crippen MR) is 150 cm³/mol. The van der Waals surface area contributed by atoms with E-state index in [0.717, 1.165) is 5.56 Å². The number of carbonyl (C=O) groups excluding carboxylic acids is 2. The van der Waals surface area contributed by atoms with Gasteiger partial charge in [-0.05, 0) is 48.7 Å². The van der Waals surface area contributed by atoms with Crippen LogP contribution in [0.5, 0.6) is 0 Å². The van der Waals surface area contributed by atoms with Gasteiger partial charge in [-0.3, -0.25) is 24.3 Å². The van der Waals surface area contributed by atoms with E-state index >= 15 is 0 Å². The highest BCUT2D eigenvalue weighted by Gasteiger charge is 2.69. The van der Waals surface area contributed by atoms with Gasteiger partial charge in [-0.25, -0.2) is 9.88 Å². The molecule has 1 spiro atoms. The number of amides is 2. The molecule has 7 rings (SSSR count). The molecule has 3 aliphatic rings. The highest BCUT2D eigenvalue weighted by Crippen LogP contribution is 2.56. The third kappa shape index (κ3) is 3.21. The van der Waals surface area contributed by atoms with Gasteiger partial charge in [0.05, 0.1) is 39.1 Å². The normalized spacial score (nSPS) is 25.2. The topological polar surface area (TPSA) is 84.3 Å². The molecule has 0 bridgehead atoms. The van der Waals surface area contributed by atoms with Gasteiger partial charge in [0, 0.05) is 16.6 Å². The van der Waals surface area contributed by atoms with E-state index < -0.39 is 17.4 Å². The minimum atomic E-state index is -1.18. The highest BCUT2D eigenvalue weighted by atomic mass is 35.5. The van der Waals surface area contributed by atoms with Gasteiger partial charge >= 0.3 is 0 Å². The number of para-hydroxylation sites is 2. The summed E-state index contributed by atoms with van der Waals surface area (Å²) in [6.07, 6.45) is 0.657. The van der Waals surface area contributed by atoms with Crippen molar-refractivity contribution in [1.29, 1.82) is 0 Å². The van der Waals surface area contributed by atoms with Crippen LogP contribution in [0.15, 0.2) is 71.5 Å². The molecule has 7 nitrogen and oxygen atoms in total. The lowest BCUT2D eigenvalue weighted by Crippen LogP contribution is -2.50. The summed E-state index contributed by atoms with van der Waals surface area (Å²) in [7, 11) is 0. The Bertz CT molecular complexity index is 1780. The minimum absolute atomic E-state index is 0.208. The van der Waals surface area contributed by atoms with Crippen LogP contribution in [0.25, 0.3) is 16.6 Å². The lowest BCUT2D eigenvalue weighted by atomic mass is 9.75. The fourth-order valence-electron chi connectivity index (χ4n) is 6.83. The van der Waals surface area contributed by atoms with Crippen LogP contribution in [0.4, 0.5) is 5.69 Å². The molecule has 4 atom stereocenters. The molecule has 196 valence electrons. The quantitative estimate of drug-likeness (QED) is 0.355. The molecule has 3 aliphatic heterocycles. The first-order valence-corrected chi connectivity index (χ1v) is 13.7. The fourth-order valence-corrected chi connectivity index (χ4v) is 7.32. The number of hydrogen-bond acceptors (Lipinski definition) is 5. The first kappa shape index (κ1) is 24.5. The van der Waals surface area contributed by atoms with Crippen molar-refractivity contribution in [3.05, 3.63) is 98.5 Å². The van der Waals surface area contributed by atoms with Crippen molar-refractivity contribution in [2.24, 2.45) is 17.8 Å². The van der Waals surface area contributed by atoms with Crippen molar-refractivity contribution in [2.75, 3.05) is 4.90 Å². The first-order chi connectivity index (χ1) is 18.7. The van der Waals surface area contributed by atoms with Crippen LogP contribution in [0, 0.1) is 17.8 Å². The monoisotopic (exact) mass is 558 g/mol. The molecular formula is C30H24Cl2N4O3. The average molecular weight is 559 g/mol. The summed E-state index contributed by atoms with van der Waals surface area (Å²) in [4.78, 5) is 48.7. The molecule has 2 saturated heterocycles. The van der Waals surface area contributed by atoms with Crippen molar-refractivity contribution < 1.29 is 9.59 Å². The number of benzene rings is 3. The lowest BCUT2D eigenvalue weighted by molar-refractivity contribution is -0.123. The Morgan fingerprint density at radius 2 is 1.69 bits per heavy atom. The van der Waals surface area contributed by atoms with Gasteiger partial charge in [-0.1, -0.05) is 67.4 Å². The first-order valence-electron chi connectivity index (χ1n) is 13.0. The van der Waals surface area contributed by atoms with Crippen molar-refractivity contribution in [3.63, 3.8) is 0 Å². The standard InChI is InChI=1S/C30H24Cl2N4O3/c1-15(2)13-21-24-25(28(39)35(27(24)38)23-12-11-16(31)14-19(23)32)30(34-21)18-8-4-6-10-22(18)36-26(37)17-7-3-5-9-20(17)33-29(30)36/h3-12,14-15,21,24-25,34H,13H2,1-2H3/t21-,24-,25+,30-/m0/s1. The Morgan fingerprint density at radius 1 is 0.949 bits per heavy atom. The van der Waals surface area contributed by atoms with E-state index in [1.54, 1.807) is 28.8 Å². The Hall–Kier alpha value is -3.52. The Morgan fingerprint density at radius 3 is 2.46 bits per heavy atom. The molecule has 1 aromatic heterocycles. The molecule has 4 aromatic rings. The van der Waals surface area contributed by atoms with Crippen molar-refractivity contribution in [2.45, 2.75) is 31.8 Å². The van der Waals surface area contributed by atoms with Crippen molar-refractivity contribution in [1.82, 2.24) is 14.9 Å². The van der Waals surface area contributed by atoms with Crippen molar-refractivity contribution >= 4 is 51.6 Å². The van der Waals surface area contributed by atoms with E-state index in [1.165, 1.54) is 11.0 Å². The third-order valence-corrected chi connectivity index (χ3v) is 8.78. The molecule has 9 heteroatoms. The Balaban J connectivity index is 1.52. The Kier molecular flexibility index (Phi) is 5.34. The van der Waals surface area contributed by atoms with Gasteiger partial charge in [-0.2, -0.15) is 0 Å². The van der Waals surface area contributed by atoms with Gasteiger partial charge in [0.25, 0.3) is 5.56 Å². The van der Waals surface area contributed by atoms with E-state index in [0.29, 0.717) is 39.5 Å². The summed E-state index contributed by atoms with van der Waals surface area (Å²) in [5.74, 6) is -1.52. The van der Waals surface area contributed by atoms with E-state index in [4.69, 9.17) is 28.2 Å². The second-order valence-electron chi connectivity index (χ2n) is 10.9. The SMILES string of the molecule is CC(C)C[C@@H]1N[C@@]2(c3ccccc3-n3c2nc2ccccc2c3=O)[C@H]2C(=O)N(c3ccc(Cl)cc3Cl)C(=O)[C@@H]12. The minimum Gasteiger partial charge on any atom is -0.297 e. The van der Waals surface area contributed by atoms with Gasteiger partial charge < -0.3 is 0 Å². The third-order valence-electron chi connectivity index (χ3n) is 8.24. The largest absolute Gasteiger partial charge is 0.297 e. The van der Waals surface area contributed by atoms with E-state index in [2.05, 4.69) is 19.2 Å². The number of hydrogen-bond donors (Lipinski definition) is 1. The number of imide groups is 1. The van der Waals surface area contributed by atoms with Crippen LogP contribution in [-0.2, 0) is 15.1 Å². The Labute approximate surface area is 234 Å². The molecule has 0 saturated carbocycles. The van der Waals surface area contributed by atoms with Gasteiger partial charge in [0.1, 0.15) is 11.4 Å².